The first-order chi connectivity index (χ1) is 6.13. The summed E-state index contributed by atoms with van der Waals surface area (Å²) in [5, 5.41) is 0. The summed E-state index contributed by atoms with van der Waals surface area (Å²) in [6.45, 7) is -2.27. The molecule has 0 radical (unpaired) electrons. The van der Waals surface area contributed by atoms with Gasteiger partial charge in [0.15, 0.2) is 0 Å². The number of rotatable bonds is 8. The van der Waals surface area contributed by atoms with Crippen LogP contribution in [0.4, 0.5) is 17.6 Å². The van der Waals surface area contributed by atoms with E-state index in [1.807, 2.05) is 0 Å². The van der Waals surface area contributed by atoms with Crippen molar-refractivity contribution in [3.05, 3.63) is 0 Å². The molecule has 0 saturated heterocycles. The molecule has 0 amide bonds. The molecule has 0 atom stereocenters. The Morgan fingerprint density at radius 3 is 1.38 bits per heavy atom. The van der Waals surface area contributed by atoms with Crippen LogP contribution in [0.3, 0.4) is 0 Å². The van der Waals surface area contributed by atoms with Crippen molar-refractivity contribution in [3.8, 4) is 0 Å². The molecule has 0 aromatic carbocycles. The Morgan fingerprint density at radius 2 is 1.08 bits per heavy atom. The molecule has 0 spiro atoms. The normalized spacial score (nSPS) is 11.5. The van der Waals surface area contributed by atoms with Crippen LogP contribution in [-0.4, -0.2) is 39.7 Å². The summed E-state index contributed by atoms with van der Waals surface area (Å²) in [6, 6.07) is 0. The van der Waals surface area contributed by atoms with E-state index in [1.165, 1.54) is 0 Å². The Labute approximate surface area is 72.6 Å². The third-order valence-electron chi connectivity index (χ3n) is 0.821. The van der Waals surface area contributed by atoms with Gasteiger partial charge in [0.05, 0.1) is 0 Å². The average molecular weight is 206 g/mol. The van der Waals surface area contributed by atoms with Gasteiger partial charge in [0.1, 0.15) is 26.8 Å². The van der Waals surface area contributed by atoms with Crippen LogP contribution in [0.1, 0.15) is 0 Å². The smallest absolute Gasteiger partial charge is 0.261 e. The fourth-order valence-corrected chi connectivity index (χ4v) is 0.426. The standard InChI is InChI=1S/C6H10F4O3/c7-5(8)1-11-3-13-4-12-2-6(9)10/h5-6H,1-4H2. The van der Waals surface area contributed by atoms with Crippen LogP contribution in [0, 0.1) is 0 Å². The van der Waals surface area contributed by atoms with Crippen molar-refractivity contribution in [2.75, 3.05) is 26.8 Å². The van der Waals surface area contributed by atoms with Crippen molar-refractivity contribution in [3.63, 3.8) is 0 Å². The quantitative estimate of drug-likeness (QED) is 0.342. The molecule has 0 aromatic heterocycles. The lowest BCUT2D eigenvalue weighted by Crippen LogP contribution is -2.11. The first kappa shape index (κ1) is 12.6. The van der Waals surface area contributed by atoms with Gasteiger partial charge in [0.25, 0.3) is 12.9 Å². The van der Waals surface area contributed by atoms with Crippen LogP contribution >= 0.6 is 0 Å². The van der Waals surface area contributed by atoms with Crippen molar-refractivity contribution in [2.45, 2.75) is 12.9 Å². The summed E-state index contributed by atoms with van der Waals surface area (Å²) in [4.78, 5) is 0. The highest BCUT2D eigenvalue weighted by Crippen LogP contribution is 1.94. The fraction of sp³-hybridized carbons (Fsp3) is 1.00. The zero-order valence-corrected chi connectivity index (χ0v) is 6.72. The Bertz CT molecular complexity index is 100. The van der Waals surface area contributed by atoms with Gasteiger partial charge in [-0.1, -0.05) is 0 Å². The highest BCUT2D eigenvalue weighted by Gasteiger charge is 2.02. The first-order valence-electron chi connectivity index (χ1n) is 3.42. The summed E-state index contributed by atoms with van der Waals surface area (Å²) in [7, 11) is 0. The summed E-state index contributed by atoms with van der Waals surface area (Å²) in [6.07, 6.45) is -5.13. The molecule has 0 unspecified atom stereocenters. The maximum absolute atomic E-state index is 11.4. The molecule has 0 aromatic rings. The zero-order chi connectivity index (χ0) is 10.1. The molecule has 13 heavy (non-hydrogen) atoms. The van der Waals surface area contributed by atoms with Crippen LogP contribution in [0.5, 0.6) is 0 Å². The van der Waals surface area contributed by atoms with Gasteiger partial charge in [0.2, 0.25) is 0 Å². The van der Waals surface area contributed by atoms with Crippen molar-refractivity contribution in [1.82, 2.24) is 0 Å². The van der Waals surface area contributed by atoms with E-state index < -0.39 is 39.7 Å². The van der Waals surface area contributed by atoms with Gasteiger partial charge in [-0.3, -0.25) is 0 Å². The monoisotopic (exact) mass is 206 g/mol. The van der Waals surface area contributed by atoms with Gasteiger partial charge in [-0.2, -0.15) is 0 Å². The van der Waals surface area contributed by atoms with Crippen LogP contribution in [0.2, 0.25) is 0 Å². The number of ether oxygens (including phenoxy) is 3. The first-order valence-corrected chi connectivity index (χ1v) is 3.42. The van der Waals surface area contributed by atoms with E-state index in [-0.39, 0.29) is 0 Å². The lowest BCUT2D eigenvalue weighted by Gasteiger charge is -2.05. The van der Waals surface area contributed by atoms with Crippen LogP contribution in [-0.2, 0) is 14.2 Å². The van der Waals surface area contributed by atoms with Gasteiger partial charge in [-0.05, 0) is 0 Å². The molecule has 0 fully saturated rings. The van der Waals surface area contributed by atoms with E-state index in [4.69, 9.17) is 0 Å². The minimum absolute atomic E-state index is 0.395. The maximum Gasteiger partial charge on any atom is 0.261 e. The summed E-state index contributed by atoms with van der Waals surface area (Å²) in [5.74, 6) is 0. The Hall–Kier alpha value is -0.400. The SMILES string of the molecule is FC(F)COCOCOCC(F)F. The van der Waals surface area contributed by atoms with Gasteiger partial charge in [0, 0.05) is 0 Å². The zero-order valence-electron chi connectivity index (χ0n) is 6.72. The molecule has 0 N–H and O–H groups in total. The Balaban J connectivity index is 2.92. The van der Waals surface area contributed by atoms with Gasteiger partial charge < -0.3 is 14.2 Å². The van der Waals surface area contributed by atoms with E-state index in [2.05, 4.69) is 14.2 Å². The largest absolute Gasteiger partial charge is 0.349 e. The molecule has 0 heterocycles. The van der Waals surface area contributed by atoms with Gasteiger partial charge in [-0.25, -0.2) is 17.6 Å². The van der Waals surface area contributed by atoms with Gasteiger partial charge >= 0.3 is 0 Å². The predicted octanol–water partition coefficient (Wildman–Crippen LogP) is 1.48. The topological polar surface area (TPSA) is 27.7 Å². The van der Waals surface area contributed by atoms with E-state index in [0.29, 0.717) is 0 Å². The molecule has 3 nitrogen and oxygen atoms in total. The molecule has 80 valence electrons. The second-order valence-electron chi connectivity index (χ2n) is 1.96. The molecule has 0 rings (SSSR count). The molecular formula is C6H10F4O3. The summed E-state index contributed by atoms with van der Waals surface area (Å²) in [5.41, 5.74) is 0. The lowest BCUT2D eigenvalue weighted by molar-refractivity contribution is -0.154. The summed E-state index contributed by atoms with van der Waals surface area (Å²) < 4.78 is 58.6. The van der Waals surface area contributed by atoms with Gasteiger partial charge in [-0.15, -0.1) is 0 Å². The minimum Gasteiger partial charge on any atom is -0.349 e. The lowest BCUT2D eigenvalue weighted by atomic mass is 10.8. The van der Waals surface area contributed by atoms with Crippen molar-refractivity contribution < 1.29 is 31.8 Å². The second-order valence-corrected chi connectivity index (χ2v) is 1.96. The molecule has 0 saturated carbocycles. The van der Waals surface area contributed by atoms with Crippen molar-refractivity contribution in [1.29, 1.82) is 0 Å². The van der Waals surface area contributed by atoms with E-state index in [0.717, 1.165) is 0 Å². The third-order valence-corrected chi connectivity index (χ3v) is 0.821. The molecular weight excluding hydrogens is 196 g/mol. The van der Waals surface area contributed by atoms with E-state index in [1.54, 1.807) is 0 Å². The fourth-order valence-electron chi connectivity index (χ4n) is 0.426. The molecule has 0 aliphatic heterocycles. The molecule has 0 bridgehead atoms. The minimum atomic E-state index is -2.56. The highest BCUT2D eigenvalue weighted by molar-refractivity contribution is 4.30. The van der Waals surface area contributed by atoms with Crippen molar-refractivity contribution >= 4 is 0 Å². The van der Waals surface area contributed by atoms with Crippen LogP contribution < -0.4 is 0 Å². The predicted molar refractivity (Wildman–Crippen MR) is 34.7 cm³/mol. The Morgan fingerprint density at radius 1 is 0.692 bits per heavy atom. The molecule has 0 aliphatic carbocycles. The van der Waals surface area contributed by atoms with E-state index in [9.17, 15) is 17.6 Å². The summed E-state index contributed by atoms with van der Waals surface area (Å²) >= 11 is 0. The number of halogens is 4. The number of alkyl halides is 4. The van der Waals surface area contributed by atoms with E-state index >= 15 is 0 Å². The second kappa shape index (κ2) is 8.21. The van der Waals surface area contributed by atoms with Crippen LogP contribution in [0.25, 0.3) is 0 Å². The third kappa shape index (κ3) is 11.6. The maximum atomic E-state index is 11.4. The highest BCUT2D eigenvalue weighted by atomic mass is 19.3. The number of hydrogen-bond donors (Lipinski definition) is 0. The Kier molecular flexibility index (Phi) is 7.96. The molecule has 0 aliphatic rings. The molecule has 7 heteroatoms. The van der Waals surface area contributed by atoms with Crippen molar-refractivity contribution in [2.24, 2.45) is 0 Å². The number of hydrogen-bond acceptors (Lipinski definition) is 3. The average Bonchev–Trinajstić information content (AvgIpc) is 2.01. The van der Waals surface area contributed by atoms with Crippen LogP contribution in [0.15, 0.2) is 0 Å².